The maximum Gasteiger partial charge on any atom is 0.150 e. The minimum absolute atomic E-state index is 0.785. The number of rotatable bonds is 4. The Kier molecular flexibility index (Phi) is 3.89. The molecule has 3 aromatic rings. The third-order valence-corrected chi connectivity index (χ3v) is 5.02. The minimum Gasteiger partial charge on any atom is -0.381 e. The zero-order chi connectivity index (χ0) is 13.9. The van der Waals surface area contributed by atoms with Gasteiger partial charge in [-0.05, 0) is 43.0 Å². The zero-order valence-corrected chi connectivity index (χ0v) is 13.0. The largest absolute Gasteiger partial charge is 0.381 e. The van der Waals surface area contributed by atoms with Gasteiger partial charge in [0, 0.05) is 24.1 Å². The number of nitrogens with zero attached hydrogens (tertiary/aromatic N) is 2. The Morgan fingerprint density at radius 2 is 2.15 bits per heavy atom. The van der Waals surface area contributed by atoms with E-state index < -0.39 is 0 Å². The fourth-order valence-corrected chi connectivity index (χ4v) is 3.44. The van der Waals surface area contributed by atoms with E-state index in [1.807, 2.05) is 19.2 Å². The minimum atomic E-state index is 0.785. The fraction of sp³-hybridized carbons (Fsp3) is 0.200. The van der Waals surface area contributed by atoms with Gasteiger partial charge in [-0.3, -0.25) is 4.98 Å². The lowest BCUT2D eigenvalue weighted by atomic mass is 10.2. The van der Waals surface area contributed by atoms with Crippen LogP contribution in [-0.4, -0.2) is 16.2 Å². The number of aryl methyl sites for hydroxylation is 1. The van der Waals surface area contributed by atoms with Gasteiger partial charge in [-0.15, -0.1) is 11.3 Å². The first-order chi connectivity index (χ1) is 9.74. The molecule has 0 aliphatic carbocycles. The van der Waals surface area contributed by atoms with Gasteiger partial charge in [-0.2, -0.15) is 0 Å². The van der Waals surface area contributed by atoms with E-state index in [1.165, 1.54) is 10.3 Å². The summed E-state index contributed by atoms with van der Waals surface area (Å²) in [4.78, 5) is 8.85. The van der Waals surface area contributed by atoms with Crippen molar-refractivity contribution in [3.63, 3.8) is 0 Å². The fourth-order valence-electron chi connectivity index (χ4n) is 1.91. The van der Waals surface area contributed by atoms with Crippen LogP contribution in [-0.2, 0) is 6.54 Å². The molecule has 102 valence electrons. The molecular weight excluding hydrogens is 286 g/mol. The normalized spacial score (nSPS) is 10.9. The summed E-state index contributed by atoms with van der Waals surface area (Å²) >= 11 is 3.43. The number of fused-ring (bicyclic) bond motifs is 1. The number of pyridine rings is 1. The average Bonchev–Trinajstić information content (AvgIpc) is 2.89. The molecule has 5 heteroatoms. The van der Waals surface area contributed by atoms with Gasteiger partial charge in [0.2, 0.25) is 0 Å². The van der Waals surface area contributed by atoms with Crippen LogP contribution in [0.5, 0.6) is 0 Å². The lowest BCUT2D eigenvalue weighted by Gasteiger charge is -2.06. The predicted octanol–water partition coefficient (Wildman–Crippen LogP) is 4.33. The van der Waals surface area contributed by atoms with Gasteiger partial charge in [0.15, 0.2) is 4.34 Å². The molecule has 2 aromatic heterocycles. The molecule has 0 atom stereocenters. The number of thioether (sulfide) groups is 1. The first-order valence-electron chi connectivity index (χ1n) is 6.34. The van der Waals surface area contributed by atoms with Crippen LogP contribution in [0, 0.1) is 6.92 Å². The van der Waals surface area contributed by atoms with Crippen molar-refractivity contribution in [2.75, 3.05) is 11.6 Å². The van der Waals surface area contributed by atoms with E-state index in [-0.39, 0.29) is 0 Å². The molecule has 3 nitrogen and oxygen atoms in total. The van der Waals surface area contributed by atoms with E-state index in [2.05, 4.69) is 45.8 Å². The van der Waals surface area contributed by atoms with Crippen molar-refractivity contribution in [2.45, 2.75) is 17.8 Å². The molecule has 0 aliphatic heterocycles. The second-order valence-electron chi connectivity index (χ2n) is 4.53. The van der Waals surface area contributed by atoms with Crippen LogP contribution in [0.15, 0.2) is 40.9 Å². The summed E-state index contributed by atoms with van der Waals surface area (Å²) in [5, 5.41) is 3.43. The summed E-state index contributed by atoms with van der Waals surface area (Å²) < 4.78 is 2.33. The van der Waals surface area contributed by atoms with Gasteiger partial charge in [-0.1, -0.05) is 17.8 Å². The monoisotopic (exact) mass is 301 g/mol. The Morgan fingerprint density at radius 1 is 1.25 bits per heavy atom. The number of aromatic nitrogens is 2. The molecule has 3 rings (SSSR count). The van der Waals surface area contributed by atoms with Crippen LogP contribution >= 0.6 is 23.1 Å². The smallest absolute Gasteiger partial charge is 0.150 e. The highest BCUT2D eigenvalue weighted by molar-refractivity contribution is 8.00. The second-order valence-corrected chi connectivity index (χ2v) is 6.61. The van der Waals surface area contributed by atoms with Crippen LogP contribution < -0.4 is 5.32 Å². The molecule has 0 amide bonds. The molecular formula is C15H15N3S2. The summed E-state index contributed by atoms with van der Waals surface area (Å²) in [5.41, 5.74) is 4.42. The molecule has 0 saturated heterocycles. The molecule has 1 aromatic carbocycles. The number of benzene rings is 1. The van der Waals surface area contributed by atoms with Gasteiger partial charge in [0.1, 0.15) is 0 Å². The van der Waals surface area contributed by atoms with Gasteiger partial charge in [0.25, 0.3) is 0 Å². The second kappa shape index (κ2) is 5.81. The number of nitrogens with one attached hydrogen (secondary N) is 1. The molecule has 0 saturated carbocycles. The van der Waals surface area contributed by atoms with Crippen molar-refractivity contribution in [1.82, 2.24) is 9.97 Å². The summed E-state index contributed by atoms with van der Waals surface area (Å²) in [5.74, 6) is 0. The Labute approximate surface area is 126 Å². The highest BCUT2D eigenvalue weighted by Gasteiger charge is 2.03. The zero-order valence-electron chi connectivity index (χ0n) is 11.4. The Bertz CT molecular complexity index is 720. The van der Waals surface area contributed by atoms with Gasteiger partial charge in [0.05, 0.1) is 10.2 Å². The number of hydrogen-bond donors (Lipinski definition) is 1. The number of thiazole rings is 1. The molecule has 0 fully saturated rings. The topological polar surface area (TPSA) is 37.8 Å². The summed E-state index contributed by atoms with van der Waals surface area (Å²) in [6.45, 7) is 2.78. The van der Waals surface area contributed by atoms with Crippen molar-refractivity contribution in [3.05, 3.63) is 47.8 Å². The van der Waals surface area contributed by atoms with Crippen molar-refractivity contribution in [3.8, 4) is 0 Å². The number of anilines is 1. The lowest BCUT2D eigenvalue weighted by Crippen LogP contribution is -1.99. The van der Waals surface area contributed by atoms with Crippen LogP contribution in [0.1, 0.15) is 11.3 Å². The molecule has 0 aliphatic rings. The van der Waals surface area contributed by atoms with Gasteiger partial charge in [-0.25, -0.2) is 4.98 Å². The van der Waals surface area contributed by atoms with Crippen LogP contribution in [0.2, 0.25) is 0 Å². The predicted molar refractivity (Wildman–Crippen MR) is 87.7 cm³/mol. The summed E-state index contributed by atoms with van der Waals surface area (Å²) in [7, 11) is 0. The Hall–Kier alpha value is -1.59. The van der Waals surface area contributed by atoms with Crippen molar-refractivity contribution < 1.29 is 0 Å². The SMILES string of the molecule is CSc1nc2ccc(NCc3ccc(C)nc3)cc2s1. The highest BCUT2D eigenvalue weighted by atomic mass is 32.2. The van der Waals surface area contributed by atoms with Gasteiger partial charge >= 0.3 is 0 Å². The van der Waals surface area contributed by atoms with Crippen LogP contribution in [0.4, 0.5) is 5.69 Å². The first-order valence-corrected chi connectivity index (χ1v) is 8.39. The standard InChI is InChI=1S/C15H15N3S2/c1-10-3-4-11(8-16-10)9-17-12-5-6-13-14(7-12)20-15(18-13)19-2/h3-8,17H,9H2,1-2H3. The molecule has 0 radical (unpaired) electrons. The van der Waals surface area contributed by atoms with Gasteiger partial charge < -0.3 is 5.32 Å². The third kappa shape index (κ3) is 2.94. The van der Waals surface area contributed by atoms with E-state index >= 15 is 0 Å². The van der Waals surface area contributed by atoms with Crippen molar-refractivity contribution in [2.24, 2.45) is 0 Å². The lowest BCUT2D eigenvalue weighted by molar-refractivity contribution is 1.09. The molecule has 0 bridgehead atoms. The quantitative estimate of drug-likeness (QED) is 0.728. The highest BCUT2D eigenvalue weighted by Crippen LogP contribution is 2.30. The molecule has 0 unspecified atom stereocenters. The Balaban J connectivity index is 1.75. The maximum absolute atomic E-state index is 4.54. The molecule has 1 N–H and O–H groups in total. The van der Waals surface area contributed by atoms with Crippen LogP contribution in [0.25, 0.3) is 10.2 Å². The summed E-state index contributed by atoms with van der Waals surface area (Å²) in [6, 6.07) is 10.4. The summed E-state index contributed by atoms with van der Waals surface area (Å²) in [6.07, 6.45) is 3.97. The Morgan fingerprint density at radius 3 is 2.90 bits per heavy atom. The third-order valence-electron chi connectivity index (χ3n) is 3.01. The van der Waals surface area contributed by atoms with E-state index in [1.54, 1.807) is 23.1 Å². The van der Waals surface area contributed by atoms with E-state index in [0.29, 0.717) is 0 Å². The van der Waals surface area contributed by atoms with E-state index in [0.717, 1.165) is 27.8 Å². The molecule has 0 spiro atoms. The van der Waals surface area contributed by atoms with Crippen molar-refractivity contribution >= 4 is 39.0 Å². The molecule has 2 heterocycles. The average molecular weight is 301 g/mol. The molecule has 20 heavy (non-hydrogen) atoms. The first kappa shape index (κ1) is 13.4. The number of hydrogen-bond acceptors (Lipinski definition) is 5. The van der Waals surface area contributed by atoms with Crippen molar-refractivity contribution in [1.29, 1.82) is 0 Å². The van der Waals surface area contributed by atoms with E-state index in [9.17, 15) is 0 Å². The maximum atomic E-state index is 4.54. The van der Waals surface area contributed by atoms with E-state index in [4.69, 9.17) is 0 Å². The van der Waals surface area contributed by atoms with Crippen LogP contribution in [0.3, 0.4) is 0 Å².